The molecule has 1 atom stereocenters. The summed E-state index contributed by atoms with van der Waals surface area (Å²) in [4.78, 5) is 14.4. The van der Waals surface area contributed by atoms with Crippen LogP contribution in [0.5, 0.6) is 0 Å². The molecule has 6 nitrogen and oxygen atoms in total. The summed E-state index contributed by atoms with van der Waals surface area (Å²) in [6, 6.07) is 13.9. The van der Waals surface area contributed by atoms with Gasteiger partial charge in [0.1, 0.15) is 5.84 Å². The van der Waals surface area contributed by atoms with Crippen LogP contribution < -0.4 is 5.32 Å². The molecule has 0 fully saturated rings. The van der Waals surface area contributed by atoms with Gasteiger partial charge in [-0.05, 0) is 35.4 Å². The molecule has 7 heteroatoms. The number of fused-ring (bicyclic) bond motifs is 2. The van der Waals surface area contributed by atoms with Crippen LogP contribution in [-0.2, 0) is 14.8 Å². The highest BCUT2D eigenvalue weighted by atomic mass is 32.2. The summed E-state index contributed by atoms with van der Waals surface area (Å²) >= 11 is 0. The summed E-state index contributed by atoms with van der Waals surface area (Å²) in [6.45, 7) is 2.24. The van der Waals surface area contributed by atoms with E-state index in [2.05, 4.69) is 9.71 Å². The van der Waals surface area contributed by atoms with Crippen LogP contribution in [-0.4, -0.2) is 37.4 Å². The maximum atomic E-state index is 12.7. The van der Waals surface area contributed by atoms with Gasteiger partial charge in [0.05, 0.1) is 17.4 Å². The molecular weight excluding hydrogens is 362 g/mol. The summed E-state index contributed by atoms with van der Waals surface area (Å²) in [6.07, 6.45) is 4.81. The number of nitrogens with zero attached hydrogens (tertiary/aromatic N) is 2. The number of sulfonamides is 1. The van der Waals surface area contributed by atoms with Crippen molar-refractivity contribution in [3.63, 3.8) is 0 Å². The Balaban J connectivity index is 1.54. The van der Waals surface area contributed by atoms with Crippen molar-refractivity contribution in [1.82, 2.24) is 10.2 Å². The van der Waals surface area contributed by atoms with Gasteiger partial charge in [-0.15, -0.1) is 4.40 Å². The monoisotopic (exact) mass is 381 g/mol. The summed E-state index contributed by atoms with van der Waals surface area (Å²) in [7, 11) is -3.40. The molecule has 0 radical (unpaired) electrons. The molecule has 138 valence electrons. The fourth-order valence-corrected chi connectivity index (χ4v) is 4.29. The highest BCUT2D eigenvalue weighted by molar-refractivity contribution is 7.90. The minimum Gasteiger partial charge on any atom is -0.345 e. The lowest BCUT2D eigenvalue weighted by Crippen LogP contribution is -2.38. The molecule has 0 saturated heterocycles. The first-order valence-corrected chi connectivity index (χ1v) is 10.3. The van der Waals surface area contributed by atoms with Gasteiger partial charge in [-0.25, -0.2) is 8.42 Å². The first-order chi connectivity index (χ1) is 12.9. The van der Waals surface area contributed by atoms with Crippen LogP contribution in [0, 0.1) is 0 Å². The second kappa shape index (κ2) is 6.66. The average molecular weight is 381 g/mol. The normalized spacial score (nSPS) is 19.1. The molecule has 1 amide bonds. The predicted molar refractivity (Wildman–Crippen MR) is 106 cm³/mol. The van der Waals surface area contributed by atoms with Crippen LogP contribution in [0.2, 0.25) is 0 Å². The lowest BCUT2D eigenvalue weighted by Gasteiger charge is -2.27. The van der Waals surface area contributed by atoms with Crippen molar-refractivity contribution in [2.45, 2.75) is 13.0 Å². The molecule has 2 heterocycles. The second-order valence-corrected chi connectivity index (χ2v) is 8.36. The fourth-order valence-electron chi connectivity index (χ4n) is 3.32. The number of hydrogen-bond acceptors (Lipinski definition) is 4. The zero-order valence-corrected chi connectivity index (χ0v) is 15.6. The molecule has 0 aliphatic carbocycles. The van der Waals surface area contributed by atoms with Crippen LogP contribution >= 0.6 is 0 Å². The molecule has 2 aromatic rings. The van der Waals surface area contributed by atoms with Crippen LogP contribution in [0.3, 0.4) is 0 Å². The summed E-state index contributed by atoms with van der Waals surface area (Å²) in [5, 5.41) is 5.26. The van der Waals surface area contributed by atoms with Gasteiger partial charge in [-0.1, -0.05) is 42.5 Å². The lowest BCUT2D eigenvalue weighted by atomic mass is 9.99. The number of amidine groups is 1. The zero-order valence-electron chi connectivity index (χ0n) is 14.8. The first-order valence-electron chi connectivity index (χ1n) is 8.71. The molecule has 2 aliphatic rings. The van der Waals surface area contributed by atoms with E-state index in [1.807, 2.05) is 49.4 Å². The van der Waals surface area contributed by atoms with E-state index in [-0.39, 0.29) is 17.7 Å². The second-order valence-electron chi connectivity index (χ2n) is 6.61. The van der Waals surface area contributed by atoms with Crippen molar-refractivity contribution in [3.05, 3.63) is 72.0 Å². The van der Waals surface area contributed by atoms with Gasteiger partial charge < -0.3 is 10.2 Å². The Morgan fingerprint density at radius 2 is 1.93 bits per heavy atom. The number of rotatable bonds is 3. The Labute approximate surface area is 157 Å². The van der Waals surface area contributed by atoms with E-state index in [1.165, 1.54) is 0 Å². The molecular formula is C20H19N3O3S. The molecule has 1 unspecified atom stereocenters. The fraction of sp³-hybridized carbons (Fsp3) is 0.200. The smallest absolute Gasteiger partial charge is 0.256 e. The molecule has 0 bridgehead atoms. The predicted octanol–water partition coefficient (Wildman–Crippen LogP) is 2.51. The zero-order chi connectivity index (χ0) is 19.0. The largest absolute Gasteiger partial charge is 0.345 e. The molecule has 0 aromatic heterocycles. The summed E-state index contributed by atoms with van der Waals surface area (Å²) in [5.41, 5.74) is 1.52. The highest BCUT2D eigenvalue weighted by Gasteiger charge is 2.25. The van der Waals surface area contributed by atoms with Crippen LogP contribution in [0.1, 0.15) is 18.5 Å². The number of hydrogen-bond donors (Lipinski definition) is 1. The van der Waals surface area contributed by atoms with Crippen molar-refractivity contribution in [3.8, 4) is 0 Å². The Morgan fingerprint density at radius 3 is 2.78 bits per heavy atom. The molecule has 2 aliphatic heterocycles. The topological polar surface area (TPSA) is 78.8 Å². The molecule has 0 spiro atoms. The molecule has 27 heavy (non-hydrogen) atoms. The number of benzene rings is 2. The van der Waals surface area contributed by atoms with E-state index in [9.17, 15) is 13.2 Å². The van der Waals surface area contributed by atoms with Crippen LogP contribution in [0.25, 0.3) is 10.8 Å². The third-order valence-corrected chi connectivity index (χ3v) is 5.89. The minimum absolute atomic E-state index is 0.0534. The Hall–Kier alpha value is -2.93. The van der Waals surface area contributed by atoms with Crippen molar-refractivity contribution >= 4 is 32.5 Å². The van der Waals surface area contributed by atoms with Gasteiger partial charge in [0.15, 0.2) is 0 Å². The van der Waals surface area contributed by atoms with E-state index < -0.39 is 10.0 Å². The Bertz CT molecular complexity index is 1110. The van der Waals surface area contributed by atoms with Crippen LogP contribution in [0.15, 0.2) is 70.8 Å². The molecule has 4 rings (SSSR count). The van der Waals surface area contributed by atoms with Gasteiger partial charge >= 0.3 is 0 Å². The summed E-state index contributed by atoms with van der Waals surface area (Å²) in [5.74, 6) is 0.0846. The maximum absolute atomic E-state index is 12.7. The third kappa shape index (κ3) is 3.50. The number of carbonyl (C=O) groups is 1. The van der Waals surface area contributed by atoms with E-state index >= 15 is 0 Å². The SMILES string of the molecule is CC(NC(=O)C1=CN2CCS(=O)(=O)N=C2C=C1)c1cccc2ccccc12. The van der Waals surface area contributed by atoms with Gasteiger partial charge in [0, 0.05) is 12.7 Å². The number of carbonyl (C=O) groups excluding carboxylic acids is 1. The first kappa shape index (κ1) is 17.5. The number of nitrogens with one attached hydrogen (secondary N) is 1. The van der Waals surface area contributed by atoms with E-state index in [1.54, 1.807) is 23.3 Å². The van der Waals surface area contributed by atoms with Crippen LogP contribution in [0.4, 0.5) is 0 Å². The van der Waals surface area contributed by atoms with Crippen molar-refractivity contribution < 1.29 is 13.2 Å². The Morgan fingerprint density at radius 1 is 1.15 bits per heavy atom. The maximum Gasteiger partial charge on any atom is 0.256 e. The average Bonchev–Trinajstić information content (AvgIpc) is 2.66. The number of amides is 1. The third-order valence-electron chi connectivity index (χ3n) is 4.72. The molecule has 0 saturated carbocycles. The standard InChI is InChI=1S/C20H19N3O3S/c1-14(17-8-4-6-15-5-2-3-7-18(15)17)21-20(24)16-9-10-19-22-27(25,26)12-11-23(19)13-16/h2-10,13-14H,11-12H2,1H3,(H,21,24). The van der Waals surface area contributed by atoms with Gasteiger partial charge in [0.2, 0.25) is 0 Å². The van der Waals surface area contributed by atoms with E-state index in [0.717, 1.165) is 16.3 Å². The van der Waals surface area contributed by atoms with Gasteiger partial charge in [-0.3, -0.25) is 4.79 Å². The molecule has 2 aromatic carbocycles. The quantitative estimate of drug-likeness (QED) is 0.886. The van der Waals surface area contributed by atoms with Gasteiger partial charge in [0.25, 0.3) is 15.9 Å². The van der Waals surface area contributed by atoms with Crippen molar-refractivity contribution in [2.75, 3.05) is 12.3 Å². The van der Waals surface area contributed by atoms with E-state index in [0.29, 0.717) is 18.0 Å². The van der Waals surface area contributed by atoms with E-state index in [4.69, 9.17) is 0 Å². The summed E-state index contributed by atoms with van der Waals surface area (Å²) < 4.78 is 26.9. The highest BCUT2D eigenvalue weighted by Crippen LogP contribution is 2.24. The lowest BCUT2D eigenvalue weighted by molar-refractivity contribution is -0.117. The minimum atomic E-state index is -3.40. The molecule has 1 N–H and O–H groups in total. The van der Waals surface area contributed by atoms with Gasteiger partial charge in [-0.2, -0.15) is 0 Å². The van der Waals surface area contributed by atoms with Crippen molar-refractivity contribution in [2.24, 2.45) is 4.40 Å². The Kier molecular flexibility index (Phi) is 4.31. The van der Waals surface area contributed by atoms with Crippen molar-refractivity contribution in [1.29, 1.82) is 0 Å².